The lowest BCUT2D eigenvalue weighted by Gasteiger charge is -2.20. The van der Waals surface area contributed by atoms with Crippen molar-refractivity contribution in [1.82, 2.24) is 19.5 Å². The van der Waals surface area contributed by atoms with Gasteiger partial charge in [0, 0.05) is 0 Å². The zero-order valence-corrected chi connectivity index (χ0v) is 14.5. The van der Waals surface area contributed by atoms with Gasteiger partial charge in [0.2, 0.25) is 0 Å². The van der Waals surface area contributed by atoms with Crippen LogP contribution in [0.1, 0.15) is 6.23 Å². The minimum absolute atomic E-state index is 0.168. The third kappa shape index (κ3) is 3.11. The van der Waals surface area contributed by atoms with E-state index in [4.69, 9.17) is 25.1 Å². The summed E-state index contributed by atoms with van der Waals surface area (Å²) >= 11 is 0. The predicted molar refractivity (Wildman–Crippen MR) is 89.4 cm³/mol. The SMILES string of the molecule is Nc1ncnc2c1ncn2[C@@H]1O[C@H](CO[C@@H]2O[C@H](CO)[C@@H](O)[C@@H]2O)[C@@H](O)[C@H]1O. The molecule has 13 nitrogen and oxygen atoms in total. The molecule has 0 bridgehead atoms. The number of ether oxygens (including phenoxy) is 3. The van der Waals surface area contributed by atoms with Gasteiger partial charge in [-0.15, -0.1) is 0 Å². The molecule has 2 aromatic heterocycles. The third-order valence-corrected chi connectivity index (χ3v) is 4.92. The van der Waals surface area contributed by atoms with E-state index in [0.717, 1.165) is 0 Å². The minimum atomic E-state index is -1.37. The summed E-state index contributed by atoms with van der Waals surface area (Å²) in [6, 6.07) is 0. The van der Waals surface area contributed by atoms with E-state index >= 15 is 0 Å². The van der Waals surface area contributed by atoms with Gasteiger partial charge in [0.25, 0.3) is 0 Å². The lowest BCUT2D eigenvalue weighted by Crippen LogP contribution is -2.38. The first-order valence-electron chi connectivity index (χ1n) is 8.61. The molecule has 0 amide bonds. The number of imidazole rings is 1. The number of hydrogen-bond donors (Lipinski definition) is 6. The van der Waals surface area contributed by atoms with Gasteiger partial charge in [0.15, 0.2) is 24.0 Å². The maximum atomic E-state index is 10.4. The Morgan fingerprint density at radius 1 is 1.00 bits per heavy atom. The Hall–Kier alpha value is -1.97. The number of nitrogen functional groups attached to an aromatic ring is 1. The fourth-order valence-electron chi connectivity index (χ4n) is 3.35. The second-order valence-corrected chi connectivity index (χ2v) is 6.67. The van der Waals surface area contributed by atoms with Crippen molar-refractivity contribution in [3.05, 3.63) is 12.7 Å². The Kier molecular flexibility index (Phi) is 5.15. The van der Waals surface area contributed by atoms with Crippen molar-refractivity contribution in [2.45, 2.75) is 49.1 Å². The van der Waals surface area contributed by atoms with Crippen LogP contribution in [0.15, 0.2) is 12.7 Å². The van der Waals surface area contributed by atoms with Gasteiger partial charge in [0.05, 0.1) is 19.5 Å². The van der Waals surface area contributed by atoms with E-state index in [1.165, 1.54) is 17.2 Å². The van der Waals surface area contributed by atoms with Crippen LogP contribution in [0, 0.1) is 0 Å². The molecule has 13 heteroatoms. The van der Waals surface area contributed by atoms with Crippen molar-refractivity contribution in [3.63, 3.8) is 0 Å². The zero-order chi connectivity index (χ0) is 20.0. The van der Waals surface area contributed by atoms with Crippen molar-refractivity contribution in [3.8, 4) is 0 Å². The molecule has 8 atom stereocenters. The second-order valence-electron chi connectivity index (χ2n) is 6.67. The van der Waals surface area contributed by atoms with Gasteiger partial charge in [-0.2, -0.15) is 0 Å². The number of anilines is 1. The lowest BCUT2D eigenvalue weighted by molar-refractivity contribution is -0.190. The molecule has 0 saturated carbocycles. The van der Waals surface area contributed by atoms with Crippen molar-refractivity contribution in [1.29, 1.82) is 0 Å². The molecule has 0 aromatic carbocycles. The summed E-state index contributed by atoms with van der Waals surface area (Å²) in [5.41, 5.74) is 6.41. The highest BCUT2D eigenvalue weighted by atomic mass is 16.7. The van der Waals surface area contributed by atoms with Crippen LogP contribution in [0.5, 0.6) is 0 Å². The molecule has 154 valence electrons. The van der Waals surface area contributed by atoms with Crippen LogP contribution in [-0.4, -0.2) is 101 Å². The largest absolute Gasteiger partial charge is 0.394 e. The molecule has 2 aliphatic heterocycles. The molecule has 0 aliphatic carbocycles. The van der Waals surface area contributed by atoms with E-state index in [1.807, 2.05) is 0 Å². The predicted octanol–water partition coefficient (Wildman–Crippen LogP) is -3.52. The summed E-state index contributed by atoms with van der Waals surface area (Å²) in [6.07, 6.45) is -6.83. The fourth-order valence-corrected chi connectivity index (χ4v) is 3.35. The number of hydrogen-bond acceptors (Lipinski definition) is 12. The molecular weight excluding hydrogens is 378 g/mol. The van der Waals surface area contributed by atoms with E-state index < -0.39 is 55.7 Å². The first-order valence-corrected chi connectivity index (χ1v) is 8.61. The summed E-state index contributed by atoms with van der Waals surface area (Å²) in [5.74, 6) is 0.168. The molecular formula is C15H21N5O8. The van der Waals surface area contributed by atoms with E-state index in [2.05, 4.69) is 15.0 Å². The van der Waals surface area contributed by atoms with Crippen LogP contribution in [0.25, 0.3) is 11.2 Å². The topological polar surface area (TPSA) is 198 Å². The quantitative estimate of drug-likeness (QED) is 0.290. The van der Waals surface area contributed by atoms with Crippen LogP contribution in [0.2, 0.25) is 0 Å². The highest BCUT2D eigenvalue weighted by Crippen LogP contribution is 2.33. The van der Waals surface area contributed by atoms with Crippen molar-refractivity contribution >= 4 is 17.0 Å². The van der Waals surface area contributed by atoms with E-state index in [1.54, 1.807) is 0 Å². The summed E-state index contributed by atoms with van der Waals surface area (Å²) in [7, 11) is 0. The maximum Gasteiger partial charge on any atom is 0.186 e. The normalized spacial score (nSPS) is 38.5. The number of aromatic nitrogens is 4. The standard InChI is InChI=1S/C15H21N5O8/c16-12-7-13(18-3-17-12)20(4-19-7)14-10(24)9(23)6(27-14)2-26-15-11(25)8(22)5(1-21)28-15/h3-6,8-11,14-15,21-25H,1-2H2,(H2,16,17,18)/t5-,6-,8-,9-,10-,11+,14-,15-/m1/s1. The van der Waals surface area contributed by atoms with Crippen LogP contribution in [-0.2, 0) is 14.2 Å². The lowest BCUT2D eigenvalue weighted by atomic mass is 10.1. The Bertz CT molecular complexity index is 836. The molecule has 0 spiro atoms. The van der Waals surface area contributed by atoms with Crippen molar-refractivity contribution in [2.24, 2.45) is 0 Å². The van der Waals surface area contributed by atoms with Gasteiger partial charge < -0.3 is 45.5 Å². The Balaban J connectivity index is 1.45. The smallest absolute Gasteiger partial charge is 0.186 e. The molecule has 4 rings (SSSR count). The summed E-state index contributed by atoms with van der Waals surface area (Å²) in [6.45, 7) is -0.731. The molecule has 4 heterocycles. The fraction of sp³-hybridized carbons (Fsp3) is 0.667. The third-order valence-electron chi connectivity index (χ3n) is 4.92. The van der Waals surface area contributed by atoms with Crippen molar-refractivity contribution < 1.29 is 39.7 Å². The first-order chi connectivity index (χ1) is 13.4. The number of rotatable bonds is 5. The zero-order valence-electron chi connectivity index (χ0n) is 14.5. The van der Waals surface area contributed by atoms with Crippen molar-refractivity contribution in [2.75, 3.05) is 18.9 Å². The number of aliphatic hydroxyl groups excluding tert-OH is 5. The highest BCUT2D eigenvalue weighted by molar-refractivity contribution is 5.81. The van der Waals surface area contributed by atoms with Crippen LogP contribution < -0.4 is 5.73 Å². The molecule has 2 fully saturated rings. The molecule has 2 aliphatic rings. The molecule has 2 aromatic rings. The monoisotopic (exact) mass is 399 g/mol. The highest BCUT2D eigenvalue weighted by Gasteiger charge is 2.47. The average Bonchev–Trinajstić information content (AvgIpc) is 3.32. The first kappa shape index (κ1) is 19.4. The molecule has 7 N–H and O–H groups in total. The Labute approximate surface area is 157 Å². The van der Waals surface area contributed by atoms with Crippen LogP contribution >= 0.6 is 0 Å². The number of fused-ring (bicyclic) bond motifs is 1. The van der Waals surface area contributed by atoms with Gasteiger partial charge in [-0.1, -0.05) is 0 Å². The number of nitrogens with zero attached hydrogens (tertiary/aromatic N) is 4. The van der Waals surface area contributed by atoms with E-state index in [0.29, 0.717) is 11.2 Å². The van der Waals surface area contributed by atoms with Crippen LogP contribution in [0.4, 0.5) is 5.82 Å². The summed E-state index contributed by atoms with van der Waals surface area (Å²) < 4.78 is 17.7. The van der Waals surface area contributed by atoms with E-state index in [9.17, 15) is 20.4 Å². The second kappa shape index (κ2) is 7.46. The van der Waals surface area contributed by atoms with Gasteiger partial charge in [-0.25, -0.2) is 15.0 Å². The molecule has 0 unspecified atom stereocenters. The van der Waals surface area contributed by atoms with Gasteiger partial charge >= 0.3 is 0 Å². The van der Waals surface area contributed by atoms with Crippen LogP contribution in [0.3, 0.4) is 0 Å². The molecule has 28 heavy (non-hydrogen) atoms. The Morgan fingerprint density at radius 2 is 1.75 bits per heavy atom. The van der Waals surface area contributed by atoms with Gasteiger partial charge in [-0.05, 0) is 0 Å². The van der Waals surface area contributed by atoms with Gasteiger partial charge in [0.1, 0.15) is 48.5 Å². The van der Waals surface area contributed by atoms with Gasteiger partial charge in [-0.3, -0.25) is 4.57 Å². The molecule has 0 radical (unpaired) electrons. The summed E-state index contributed by atoms with van der Waals surface area (Å²) in [5, 5.41) is 49.4. The number of aliphatic hydroxyl groups is 5. The Morgan fingerprint density at radius 3 is 2.46 bits per heavy atom. The summed E-state index contributed by atoms with van der Waals surface area (Å²) in [4.78, 5) is 12.0. The van der Waals surface area contributed by atoms with E-state index in [-0.39, 0.29) is 12.4 Å². The maximum absolute atomic E-state index is 10.4. The molecule has 2 saturated heterocycles. The average molecular weight is 399 g/mol. The number of nitrogens with two attached hydrogens (primary N) is 1. The minimum Gasteiger partial charge on any atom is -0.394 e.